The van der Waals surface area contributed by atoms with Gasteiger partial charge in [0, 0.05) is 30.4 Å². The van der Waals surface area contributed by atoms with Crippen molar-refractivity contribution in [2.24, 2.45) is 0 Å². The predicted octanol–water partition coefficient (Wildman–Crippen LogP) is 5.18. The molecule has 9 nitrogen and oxygen atoms in total. The van der Waals surface area contributed by atoms with Crippen molar-refractivity contribution >= 4 is 17.7 Å². The molecule has 2 aromatic carbocycles. The molecule has 2 heterocycles. The largest absolute Gasteiger partial charge is 0.494 e. The van der Waals surface area contributed by atoms with Crippen LogP contribution in [0.1, 0.15) is 27.2 Å². The third-order valence-electron chi connectivity index (χ3n) is 6.13. The van der Waals surface area contributed by atoms with Crippen molar-refractivity contribution in [2.45, 2.75) is 45.4 Å². The summed E-state index contributed by atoms with van der Waals surface area (Å²) in [5, 5.41) is 7.32. The molecular formula is C28H29F2N5O4. The third kappa shape index (κ3) is 6.52. The third-order valence-corrected chi connectivity index (χ3v) is 6.13. The highest BCUT2D eigenvalue weighted by Gasteiger charge is 2.29. The van der Waals surface area contributed by atoms with Gasteiger partial charge in [0.15, 0.2) is 11.6 Å². The zero-order valence-electron chi connectivity index (χ0n) is 22.1. The van der Waals surface area contributed by atoms with Crippen LogP contribution in [0.3, 0.4) is 0 Å². The second kappa shape index (κ2) is 11.1. The molecule has 1 aromatic heterocycles. The van der Waals surface area contributed by atoms with Gasteiger partial charge in [-0.1, -0.05) is 18.2 Å². The number of ether oxygens (including phenoxy) is 2. The minimum Gasteiger partial charge on any atom is -0.494 e. The highest BCUT2D eigenvalue weighted by Crippen LogP contribution is 2.35. The summed E-state index contributed by atoms with van der Waals surface area (Å²) in [5.74, 6) is -1.45. The summed E-state index contributed by atoms with van der Waals surface area (Å²) in [5.41, 5.74) is 0.882. The summed E-state index contributed by atoms with van der Waals surface area (Å²) in [7, 11) is 1.36. The summed E-state index contributed by atoms with van der Waals surface area (Å²) in [6, 6.07) is 8.26. The smallest absolute Gasteiger partial charge is 0.407 e. The average Bonchev–Trinajstić information content (AvgIpc) is 3.50. The lowest BCUT2D eigenvalue weighted by molar-refractivity contribution is -0.131. The molecular weight excluding hydrogens is 508 g/mol. The first kappa shape index (κ1) is 27.6. The maximum absolute atomic E-state index is 14.5. The van der Waals surface area contributed by atoms with Crippen LogP contribution in [-0.4, -0.2) is 58.5 Å². The van der Waals surface area contributed by atoms with E-state index in [4.69, 9.17) is 16.0 Å². The Labute approximate surface area is 225 Å². The van der Waals surface area contributed by atoms with E-state index in [0.717, 1.165) is 0 Å². The average molecular weight is 538 g/mol. The number of methoxy groups -OCH3 is 1. The van der Waals surface area contributed by atoms with E-state index >= 15 is 0 Å². The Hall–Kier alpha value is -4.46. The Kier molecular flexibility index (Phi) is 7.85. The van der Waals surface area contributed by atoms with Crippen LogP contribution in [-0.2, 0) is 16.1 Å². The Morgan fingerprint density at radius 2 is 1.87 bits per heavy atom. The van der Waals surface area contributed by atoms with Gasteiger partial charge in [0.05, 0.1) is 19.7 Å². The number of alkyl carbamates (subject to hydrolysis) is 1. The summed E-state index contributed by atoms with van der Waals surface area (Å²) in [6.45, 7) is 13.1. The van der Waals surface area contributed by atoms with Crippen LogP contribution in [0, 0.1) is 18.2 Å². The fraction of sp³-hybridized carbons (Fsp3) is 0.357. The molecule has 204 valence electrons. The van der Waals surface area contributed by atoms with Gasteiger partial charge >= 0.3 is 6.09 Å². The van der Waals surface area contributed by atoms with Crippen LogP contribution in [0.5, 0.6) is 5.75 Å². The zero-order chi connectivity index (χ0) is 28.3. The van der Waals surface area contributed by atoms with Gasteiger partial charge in [0.2, 0.25) is 11.6 Å². The minimum atomic E-state index is -0.708. The maximum atomic E-state index is 14.5. The number of halogens is 2. The summed E-state index contributed by atoms with van der Waals surface area (Å²) >= 11 is 0. The first-order valence-corrected chi connectivity index (χ1v) is 12.3. The lowest BCUT2D eigenvalue weighted by atomic mass is 10.0. The van der Waals surface area contributed by atoms with E-state index in [0.29, 0.717) is 41.9 Å². The monoisotopic (exact) mass is 537 g/mol. The molecule has 11 heteroatoms. The number of nitrogens with one attached hydrogen (secondary N) is 1. The fourth-order valence-corrected chi connectivity index (χ4v) is 4.32. The van der Waals surface area contributed by atoms with Crippen molar-refractivity contribution in [2.75, 3.05) is 20.2 Å². The predicted molar refractivity (Wildman–Crippen MR) is 140 cm³/mol. The normalized spacial score (nSPS) is 15.1. The first-order valence-electron chi connectivity index (χ1n) is 12.3. The molecule has 0 spiro atoms. The lowest BCUT2D eigenvalue weighted by Gasteiger charge is -2.22. The molecule has 1 atom stereocenters. The molecule has 1 aliphatic rings. The number of carbonyl (C=O) groups excluding carboxylic acids is 2. The molecule has 1 N–H and O–H groups in total. The van der Waals surface area contributed by atoms with Crippen LogP contribution in [0.25, 0.3) is 27.2 Å². The molecule has 39 heavy (non-hydrogen) atoms. The van der Waals surface area contributed by atoms with Crippen LogP contribution in [0.15, 0.2) is 42.6 Å². The standard InChI is InChI=1S/C28H29F2N5O4/c1-28(2,3)39-27(37)32-19-10-11-34(14-19)25(36)16-35-15-20(17-7-9-24(38-5)22(30)12-17)26(33-35)18-6-8-23(31-4)21(29)13-18/h6-9,12-13,15,19H,10-11,14,16H2,1-3,5H3,(H,32,37)/t19-/m0/s1. The number of carbonyl (C=O) groups is 2. The highest BCUT2D eigenvalue weighted by atomic mass is 19.1. The molecule has 3 aromatic rings. The minimum absolute atomic E-state index is 0.0684. The molecule has 1 fully saturated rings. The van der Waals surface area contributed by atoms with E-state index in [-0.39, 0.29) is 29.9 Å². The maximum Gasteiger partial charge on any atom is 0.407 e. The summed E-state index contributed by atoms with van der Waals surface area (Å²) in [4.78, 5) is 30.0. The first-order chi connectivity index (χ1) is 18.5. The molecule has 0 unspecified atom stereocenters. The molecule has 0 saturated carbocycles. The van der Waals surface area contributed by atoms with E-state index in [1.165, 1.54) is 36.1 Å². The Morgan fingerprint density at radius 3 is 2.51 bits per heavy atom. The number of rotatable bonds is 6. The van der Waals surface area contributed by atoms with Gasteiger partial charge in [0.25, 0.3) is 0 Å². The molecule has 0 radical (unpaired) electrons. The van der Waals surface area contributed by atoms with Gasteiger partial charge in [0.1, 0.15) is 23.7 Å². The summed E-state index contributed by atoms with van der Waals surface area (Å²) in [6.07, 6.45) is 1.64. The molecule has 1 aliphatic heterocycles. The van der Waals surface area contributed by atoms with Crippen molar-refractivity contribution in [3.63, 3.8) is 0 Å². The van der Waals surface area contributed by atoms with E-state index in [1.54, 1.807) is 44.0 Å². The topological polar surface area (TPSA) is 90.1 Å². The zero-order valence-corrected chi connectivity index (χ0v) is 22.1. The fourth-order valence-electron chi connectivity index (χ4n) is 4.32. The number of aromatic nitrogens is 2. The second-order valence-corrected chi connectivity index (χ2v) is 10.2. The number of benzene rings is 2. The van der Waals surface area contributed by atoms with E-state index in [2.05, 4.69) is 15.3 Å². The van der Waals surface area contributed by atoms with E-state index < -0.39 is 23.3 Å². The number of hydrogen-bond donors (Lipinski definition) is 1. The number of nitrogens with zero attached hydrogens (tertiary/aromatic N) is 4. The highest BCUT2D eigenvalue weighted by molar-refractivity contribution is 5.82. The van der Waals surface area contributed by atoms with Crippen molar-refractivity contribution in [3.8, 4) is 28.1 Å². The molecule has 4 rings (SSSR count). The van der Waals surface area contributed by atoms with Crippen molar-refractivity contribution in [1.82, 2.24) is 20.0 Å². The Balaban J connectivity index is 1.57. The van der Waals surface area contributed by atoms with Gasteiger partial charge in [-0.3, -0.25) is 9.48 Å². The quantitative estimate of drug-likeness (QED) is 0.438. The Bertz CT molecular complexity index is 1440. The number of likely N-dealkylation sites (tertiary alicyclic amines) is 1. The van der Waals surface area contributed by atoms with Gasteiger partial charge in [-0.15, -0.1) is 0 Å². The molecule has 0 aliphatic carbocycles. The van der Waals surface area contributed by atoms with Gasteiger partial charge in [-0.25, -0.2) is 18.4 Å². The van der Waals surface area contributed by atoms with E-state index in [9.17, 15) is 18.4 Å². The van der Waals surface area contributed by atoms with Gasteiger partial charge in [-0.2, -0.15) is 5.10 Å². The second-order valence-electron chi connectivity index (χ2n) is 10.2. The number of hydrogen-bond acceptors (Lipinski definition) is 5. The van der Waals surface area contributed by atoms with Gasteiger partial charge in [-0.05, 0) is 51.0 Å². The molecule has 2 amide bonds. The summed E-state index contributed by atoms with van der Waals surface area (Å²) < 4.78 is 40.7. The van der Waals surface area contributed by atoms with Crippen LogP contribution < -0.4 is 10.1 Å². The molecule has 0 bridgehead atoms. The van der Waals surface area contributed by atoms with Crippen LogP contribution in [0.2, 0.25) is 0 Å². The van der Waals surface area contributed by atoms with Crippen molar-refractivity contribution < 1.29 is 27.8 Å². The van der Waals surface area contributed by atoms with Crippen molar-refractivity contribution in [1.29, 1.82) is 0 Å². The molecule has 1 saturated heterocycles. The van der Waals surface area contributed by atoms with Gasteiger partial charge < -0.3 is 19.7 Å². The number of amides is 2. The lowest BCUT2D eigenvalue weighted by Crippen LogP contribution is -2.41. The van der Waals surface area contributed by atoms with Crippen molar-refractivity contribution in [3.05, 3.63) is 65.6 Å². The van der Waals surface area contributed by atoms with Crippen LogP contribution in [0.4, 0.5) is 19.3 Å². The van der Waals surface area contributed by atoms with E-state index in [1.807, 2.05) is 0 Å². The Morgan fingerprint density at radius 1 is 1.15 bits per heavy atom. The SMILES string of the molecule is [C-]#[N+]c1ccc(-c2nn(CC(=O)N3CC[C@H](NC(=O)OC(C)(C)C)C3)cc2-c2ccc(OC)c(F)c2)cc1F. The van der Waals surface area contributed by atoms with Crippen LogP contribution >= 0.6 is 0 Å².